The van der Waals surface area contributed by atoms with E-state index in [4.69, 9.17) is 5.11 Å². The molecular formula is C12H15BrINO2. The molecule has 1 aromatic carbocycles. The molecule has 2 unspecified atom stereocenters. The van der Waals surface area contributed by atoms with Crippen LogP contribution < -0.4 is 5.32 Å². The Bertz CT molecular complexity index is 411. The van der Waals surface area contributed by atoms with Crippen LogP contribution in [0, 0.1) is 9.49 Å². The zero-order chi connectivity index (χ0) is 13.0. The highest BCUT2D eigenvalue weighted by Crippen LogP contribution is 2.19. The standard InChI is InChI=1S/C12H15BrINO2/c1-7(6-16)8(2)15-12(17)10-5-9(14)3-4-11(10)13/h3-5,7-8,16H,6H2,1-2H3,(H,15,17). The van der Waals surface area contributed by atoms with Gasteiger partial charge < -0.3 is 10.4 Å². The second kappa shape index (κ2) is 6.70. The third-order valence-electron chi connectivity index (χ3n) is 2.67. The molecule has 1 aromatic rings. The Hall–Kier alpha value is -0.140. The average Bonchev–Trinajstić information content (AvgIpc) is 2.30. The number of benzene rings is 1. The molecule has 0 radical (unpaired) electrons. The summed E-state index contributed by atoms with van der Waals surface area (Å²) in [5, 5.41) is 11.9. The lowest BCUT2D eigenvalue weighted by atomic mass is 10.0. The molecule has 2 N–H and O–H groups in total. The number of carbonyl (C=O) groups is 1. The van der Waals surface area contributed by atoms with Crippen LogP contribution in [0.25, 0.3) is 0 Å². The van der Waals surface area contributed by atoms with Crippen molar-refractivity contribution in [2.24, 2.45) is 5.92 Å². The normalized spacial score (nSPS) is 14.2. The highest BCUT2D eigenvalue weighted by Gasteiger charge is 2.16. The Balaban J connectivity index is 2.79. The van der Waals surface area contributed by atoms with Crippen LogP contribution in [0.3, 0.4) is 0 Å². The van der Waals surface area contributed by atoms with Gasteiger partial charge in [0.05, 0.1) is 5.56 Å². The Morgan fingerprint density at radius 3 is 2.76 bits per heavy atom. The maximum atomic E-state index is 12.0. The predicted octanol–water partition coefficient (Wildman–Crippen LogP) is 2.80. The summed E-state index contributed by atoms with van der Waals surface area (Å²) in [4.78, 5) is 12.0. The molecule has 0 heterocycles. The quantitative estimate of drug-likeness (QED) is 0.748. The Morgan fingerprint density at radius 1 is 1.53 bits per heavy atom. The van der Waals surface area contributed by atoms with Crippen LogP contribution >= 0.6 is 38.5 Å². The maximum absolute atomic E-state index is 12.0. The van der Waals surface area contributed by atoms with Crippen molar-refractivity contribution >= 4 is 44.4 Å². The maximum Gasteiger partial charge on any atom is 0.252 e. The van der Waals surface area contributed by atoms with Crippen LogP contribution in [-0.2, 0) is 0 Å². The van der Waals surface area contributed by atoms with Gasteiger partial charge in [0.2, 0.25) is 0 Å². The molecule has 0 fully saturated rings. The molecule has 94 valence electrons. The lowest BCUT2D eigenvalue weighted by Crippen LogP contribution is -2.38. The van der Waals surface area contributed by atoms with Crippen LogP contribution in [0.1, 0.15) is 24.2 Å². The van der Waals surface area contributed by atoms with Gasteiger partial charge in [-0.1, -0.05) is 6.92 Å². The van der Waals surface area contributed by atoms with E-state index in [1.54, 1.807) is 0 Å². The zero-order valence-corrected chi connectivity index (χ0v) is 13.4. The number of hydrogen-bond acceptors (Lipinski definition) is 2. The lowest BCUT2D eigenvalue weighted by molar-refractivity contribution is 0.0915. The summed E-state index contributed by atoms with van der Waals surface area (Å²) in [5.41, 5.74) is 0.619. The summed E-state index contributed by atoms with van der Waals surface area (Å²) in [6.07, 6.45) is 0. The van der Waals surface area contributed by atoms with Crippen molar-refractivity contribution in [3.05, 3.63) is 31.8 Å². The van der Waals surface area contributed by atoms with Crippen molar-refractivity contribution in [2.45, 2.75) is 19.9 Å². The van der Waals surface area contributed by atoms with Crippen LogP contribution in [0.5, 0.6) is 0 Å². The van der Waals surface area contributed by atoms with Crippen molar-refractivity contribution in [2.75, 3.05) is 6.61 Å². The van der Waals surface area contributed by atoms with Crippen molar-refractivity contribution in [3.63, 3.8) is 0 Å². The minimum atomic E-state index is -0.122. The van der Waals surface area contributed by atoms with Crippen molar-refractivity contribution in [3.8, 4) is 0 Å². The molecule has 0 saturated heterocycles. The van der Waals surface area contributed by atoms with E-state index in [2.05, 4.69) is 43.8 Å². The lowest BCUT2D eigenvalue weighted by Gasteiger charge is -2.19. The largest absolute Gasteiger partial charge is 0.396 e. The van der Waals surface area contributed by atoms with E-state index in [1.807, 2.05) is 32.0 Å². The minimum Gasteiger partial charge on any atom is -0.396 e. The van der Waals surface area contributed by atoms with Gasteiger partial charge >= 0.3 is 0 Å². The number of aliphatic hydroxyl groups excluding tert-OH is 1. The Morgan fingerprint density at radius 2 is 2.18 bits per heavy atom. The van der Waals surface area contributed by atoms with Gasteiger partial charge in [0, 0.05) is 20.7 Å². The molecule has 0 saturated carbocycles. The second-order valence-corrected chi connectivity index (χ2v) is 6.15. The molecular weight excluding hydrogens is 397 g/mol. The molecule has 1 amide bonds. The van der Waals surface area contributed by atoms with Gasteiger partial charge in [-0.3, -0.25) is 4.79 Å². The highest BCUT2D eigenvalue weighted by atomic mass is 127. The molecule has 3 nitrogen and oxygen atoms in total. The van der Waals surface area contributed by atoms with E-state index in [9.17, 15) is 4.79 Å². The first-order chi connectivity index (χ1) is 7.95. The Kier molecular flexibility index (Phi) is 5.88. The first-order valence-electron chi connectivity index (χ1n) is 5.32. The summed E-state index contributed by atoms with van der Waals surface area (Å²) >= 11 is 5.53. The molecule has 0 aliphatic rings. The fourth-order valence-electron chi connectivity index (χ4n) is 1.26. The molecule has 1 rings (SSSR count). The monoisotopic (exact) mass is 411 g/mol. The summed E-state index contributed by atoms with van der Waals surface area (Å²) in [7, 11) is 0. The van der Waals surface area contributed by atoms with E-state index in [-0.39, 0.29) is 24.5 Å². The molecule has 0 spiro atoms. The first kappa shape index (κ1) is 14.9. The van der Waals surface area contributed by atoms with E-state index in [0.717, 1.165) is 8.04 Å². The topological polar surface area (TPSA) is 49.3 Å². The van der Waals surface area contributed by atoms with Gasteiger partial charge in [-0.2, -0.15) is 0 Å². The van der Waals surface area contributed by atoms with Crippen LogP contribution in [0.15, 0.2) is 22.7 Å². The van der Waals surface area contributed by atoms with Gasteiger partial charge in [-0.05, 0) is 69.6 Å². The van der Waals surface area contributed by atoms with E-state index >= 15 is 0 Å². The van der Waals surface area contributed by atoms with Gasteiger partial charge in [0.1, 0.15) is 0 Å². The summed E-state index contributed by atoms with van der Waals surface area (Å²) in [6, 6.07) is 5.56. The molecule has 0 bridgehead atoms. The smallest absolute Gasteiger partial charge is 0.252 e. The highest BCUT2D eigenvalue weighted by molar-refractivity contribution is 14.1. The molecule has 0 aliphatic carbocycles. The van der Waals surface area contributed by atoms with Crippen LogP contribution in [-0.4, -0.2) is 23.7 Å². The van der Waals surface area contributed by atoms with Gasteiger partial charge in [-0.25, -0.2) is 0 Å². The van der Waals surface area contributed by atoms with E-state index < -0.39 is 0 Å². The third kappa shape index (κ3) is 4.22. The van der Waals surface area contributed by atoms with Crippen molar-refractivity contribution < 1.29 is 9.90 Å². The summed E-state index contributed by atoms with van der Waals surface area (Å²) in [6.45, 7) is 3.85. The SMILES string of the molecule is CC(CO)C(C)NC(=O)c1cc(I)ccc1Br. The molecule has 2 atom stereocenters. The number of aliphatic hydroxyl groups is 1. The number of rotatable bonds is 4. The predicted molar refractivity (Wildman–Crippen MR) is 80.0 cm³/mol. The van der Waals surface area contributed by atoms with Crippen molar-refractivity contribution in [1.82, 2.24) is 5.32 Å². The van der Waals surface area contributed by atoms with Gasteiger partial charge in [0.25, 0.3) is 5.91 Å². The summed E-state index contributed by atoms with van der Waals surface area (Å²) < 4.78 is 1.79. The average molecular weight is 412 g/mol. The summed E-state index contributed by atoms with van der Waals surface area (Å²) in [5.74, 6) is -0.0799. The van der Waals surface area contributed by atoms with Crippen molar-refractivity contribution in [1.29, 1.82) is 0 Å². The first-order valence-corrected chi connectivity index (χ1v) is 7.19. The molecule has 17 heavy (non-hydrogen) atoms. The number of halogens is 2. The molecule has 0 aromatic heterocycles. The third-order valence-corrected chi connectivity index (χ3v) is 4.04. The number of nitrogens with one attached hydrogen (secondary N) is 1. The number of amides is 1. The number of carbonyl (C=O) groups excluding carboxylic acids is 1. The van der Waals surface area contributed by atoms with Gasteiger partial charge in [0.15, 0.2) is 0 Å². The fraction of sp³-hybridized carbons (Fsp3) is 0.417. The van der Waals surface area contributed by atoms with Gasteiger partial charge in [-0.15, -0.1) is 0 Å². The second-order valence-electron chi connectivity index (χ2n) is 4.05. The fourth-order valence-corrected chi connectivity index (χ4v) is 2.17. The van der Waals surface area contributed by atoms with E-state index in [0.29, 0.717) is 5.56 Å². The Labute approximate surface area is 123 Å². The minimum absolute atomic E-state index is 0.0421. The molecule has 5 heteroatoms. The zero-order valence-electron chi connectivity index (χ0n) is 9.71. The molecule has 0 aliphatic heterocycles. The van der Waals surface area contributed by atoms with Crippen LogP contribution in [0.4, 0.5) is 0 Å². The number of hydrogen-bond donors (Lipinski definition) is 2. The van der Waals surface area contributed by atoms with E-state index in [1.165, 1.54) is 0 Å². The van der Waals surface area contributed by atoms with Crippen LogP contribution in [0.2, 0.25) is 0 Å².